The van der Waals surface area contributed by atoms with Crippen molar-refractivity contribution in [3.63, 3.8) is 0 Å². The lowest BCUT2D eigenvalue weighted by Gasteiger charge is -2.30. The molecule has 332 valence electrons. The standard InChI is InChI=1S/C66H48N4/c1-8-24-53(25-9-1)67(54-26-10-2-11-27-54)60-38-22-23-49(43-60)50-39-41-65-63(46-50)64-47-51(40-42-66(64)70(65)59-36-20-7-21-37-59)52-44-61(68(55-28-12-3-13-29-55)56-30-14-4-15-31-56)48-62(45-52)69(57-32-16-5-17-33-57)58-34-18-6-19-35-58/h1-48H. The number of benzene rings is 11. The van der Waals surface area contributed by atoms with Gasteiger partial charge < -0.3 is 19.3 Å². The van der Waals surface area contributed by atoms with Gasteiger partial charge in [-0.25, -0.2) is 0 Å². The van der Waals surface area contributed by atoms with E-state index in [-0.39, 0.29) is 0 Å². The summed E-state index contributed by atoms with van der Waals surface area (Å²) in [6, 6.07) is 104. The van der Waals surface area contributed by atoms with Gasteiger partial charge in [-0.2, -0.15) is 0 Å². The highest BCUT2D eigenvalue weighted by Crippen LogP contribution is 2.45. The summed E-state index contributed by atoms with van der Waals surface area (Å²) in [5.41, 5.74) is 17.7. The van der Waals surface area contributed by atoms with Gasteiger partial charge >= 0.3 is 0 Å². The first-order valence-corrected chi connectivity index (χ1v) is 23.8. The van der Waals surface area contributed by atoms with Gasteiger partial charge in [-0.15, -0.1) is 0 Å². The fraction of sp³-hybridized carbons (Fsp3) is 0. The first-order valence-electron chi connectivity index (χ1n) is 23.8. The molecule has 1 aromatic heterocycles. The number of aromatic nitrogens is 1. The van der Waals surface area contributed by atoms with Crippen molar-refractivity contribution in [1.29, 1.82) is 0 Å². The average Bonchev–Trinajstić information content (AvgIpc) is 3.76. The Morgan fingerprint density at radius 3 is 0.886 bits per heavy atom. The zero-order valence-electron chi connectivity index (χ0n) is 38.5. The molecule has 70 heavy (non-hydrogen) atoms. The topological polar surface area (TPSA) is 14.7 Å². The number of anilines is 9. The van der Waals surface area contributed by atoms with Crippen molar-refractivity contribution >= 4 is 73.0 Å². The summed E-state index contributed by atoms with van der Waals surface area (Å²) in [7, 11) is 0. The molecule has 0 atom stereocenters. The summed E-state index contributed by atoms with van der Waals surface area (Å²) in [5, 5.41) is 2.37. The Balaban J connectivity index is 1.06. The van der Waals surface area contributed by atoms with Gasteiger partial charge in [-0.1, -0.05) is 152 Å². The van der Waals surface area contributed by atoms with Crippen LogP contribution in [0.15, 0.2) is 291 Å². The maximum atomic E-state index is 2.40. The first-order chi connectivity index (χ1) is 34.7. The quantitative estimate of drug-likeness (QED) is 0.121. The van der Waals surface area contributed by atoms with Crippen LogP contribution in [-0.2, 0) is 0 Å². The van der Waals surface area contributed by atoms with Crippen LogP contribution in [0.5, 0.6) is 0 Å². The maximum absolute atomic E-state index is 2.40. The number of fused-ring (bicyclic) bond motifs is 3. The van der Waals surface area contributed by atoms with Crippen LogP contribution < -0.4 is 14.7 Å². The Morgan fingerprint density at radius 1 is 0.200 bits per heavy atom. The summed E-state index contributed by atoms with van der Waals surface area (Å²) >= 11 is 0. The summed E-state index contributed by atoms with van der Waals surface area (Å²) in [4.78, 5) is 7.04. The number of rotatable bonds is 12. The molecule has 0 N–H and O–H groups in total. The van der Waals surface area contributed by atoms with Gasteiger partial charge in [-0.05, 0) is 162 Å². The highest BCUT2D eigenvalue weighted by molar-refractivity contribution is 6.12. The van der Waals surface area contributed by atoms with Gasteiger partial charge in [0.1, 0.15) is 0 Å². The summed E-state index contributed by atoms with van der Waals surface area (Å²) in [6.45, 7) is 0. The van der Waals surface area contributed by atoms with E-state index in [4.69, 9.17) is 0 Å². The summed E-state index contributed by atoms with van der Waals surface area (Å²) in [5.74, 6) is 0. The minimum absolute atomic E-state index is 1.05. The van der Waals surface area contributed by atoms with Crippen molar-refractivity contribution < 1.29 is 0 Å². The van der Waals surface area contributed by atoms with Crippen molar-refractivity contribution in [3.05, 3.63) is 291 Å². The van der Waals surface area contributed by atoms with Gasteiger partial charge in [-0.3, -0.25) is 0 Å². The highest BCUT2D eigenvalue weighted by atomic mass is 15.2. The molecule has 12 rings (SSSR count). The summed E-state index contributed by atoms with van der Waals surface area (Å²) < 4.78 is 2.40. The Labute approximate surface area is 409 Å². The van der Waals surface area contributed by atoms with Gasteiger partial charge in [0.05, 0.1) is 11.0 Å². The van der Waals surface area contributed by atoms with Crippen LogP contribution in [0.4, 0.5) is 51.2 Å². The molecule has 0 aliphatic rings. The molecule has 0 bridgehead atoms. The molecular formula is C66H48N4. The molecule has 0 fully saturated rings. The molecule has 4 heteroatoms. The van der Waals surface area contributed by atoms with Crippen molar-refractivity contribution in [2.75, 3.05) is 14.7 Å². The van der Waals surface area contributed by atoms with Crippen LogP contribution in [-0.4, -0.2) is 4.57 Å². The van der Waals surface area contributed by atoms with E-state index in [9.17, 15) is 0 Å². The highest BCUT2D eigenvalue weighted by Gasteiger charge is 2.21. The molecule has 0 radical (unpaired) electrons. The van der Waals surface area contributed by atoms with Gasteiger partial charge in [0.25, 0.3) is 0 Å². The zero-order chi connectivity index (χ0) is 46.6. The molecule has 0 amide bonds. The molecule has 12 aromatic rings. The van der Waals surface area contributed by atoms with E-state index < -0.39 is 0 Å². The molecule has 0 spiro atoms. The Morgan fingerprint density at radius 2 is 0.500 bits per heavy atom. The normalized spacial score (nSPS) is 11.1. The zero-order valence-corrected chi connectivity index (χ0v) is 38.5. The molecule has 0 saturated heterocycles. The molecule has 0 saturated carbocycles. The van der Waals surface area contributed by atoms with E-state index in [0.717, 1.165) is 90.2 Å². The van der Waals surface area contributed by atoms with E-state index in [1.807, 2.05) is 0 Å². The van der Waals surface area contributed by atoms with E-state index in [0.29, 0.717) is 0 Å². The maximum Gasteiger partial charge on any atom is 0.0541 e. The van der Waals surface area contributed by atoms with E-state index in [1.54, 1.807) is 0 Å². The van der Waals surface area contributed by atoms with Crippen molar-refractivity contribution in [3.8, 4) is 27.9 Å². The van der Waals surface area contributed by atoms with Crippen LogP contribution >= 0.6 is 0 Å². The molecular weight excluding hydrogens is 849 g/mol. The minimum atomic E-state index is 1.05. The Bertz CT molecular complexity index is 3470. The monoisotopic (exact) mass is 896 g/mol. The third kappa shape index (κ3) is 8.14. The predicted molar refractivity (Wildman–Crippen MR) is 296 cm³/mol. The molecule has 4 nitrogen and oxygen atoms in total. The van der Waals surface area contributed by atoms with Crippen LogP contribution in [0.2, 0.25) is 0 Å². The molecule has 0 aliphatic carbocycles. The van der Waals surface area contributed by atoms with E-state index in [2.05, 4.69) is 310 Å². The fourth-order valence-electron chi connectivity index (χ4n) is 9.89. The molecule has 1 heterocycles. The molecule has 0 aliphatic heterocycles. The smallest absolute Gasteiger partial charge is 0.0541 e. The third-order valence-electron chi connectivity index (χ3n) is 13.1. The van der Waals surface area contributed by atoms with Crippen molar-refractivity contribution in [2.24, 2.45) is 0 Å². The Kier molecular flexibility index (Phi) is 11.2. The van der Waals surface area contributed by atoms with E-state index >= 15 is 0 Å². The van der Waals surface area contributed by atoms with E-state index in [1.165, 1.54) is 10.8 Å². The number of hydrogen-bond donors (Lipinski definition) is 0. The number of nitrogens with zero attached hydrogens (tertiary/aromatic N) is 4. The van der Waals surface area contributed by atoms with Gasteiger partial charge in [0.15, 0.2) is 0 Å². The third-order valence-corrected chi connectivity index (χ3v) is 13.1. The number of para-hydroxylation sites is 7. The minimum Gasteiger partial charge on any atom is -0.310 e. The van der Waals surface area contributed by atoms with Crippen LogP contribution in [0, 0.1) is 0 Å². The molecule has 11 aromatic carbocycles. The van der Waals surface area contributed by atoms with Crippen LogP contribution in [0.3, 0.4) is 0 Å². The van der Waals surface area contributed by atoms with Gasteiger partial charge in [0, 0.05) is 67.6 Å². The predicted octanol–water partition coefficient (Wildman–Crippen LogP) is 18.5. The first kappa shape index (κ1) is 42.0. The second kappa shape index (κ2) is 18.7. The molecule has 0 unspecified atom stereocenters. The van der Waals surface area contributed by atoms with Crippen LogP contribution in [0.1, 0.15) is 0 Å². The lowest BCUT2D eigenvalue weighted by molar-refractivity contribution is 1.18. The fourth-order valence-corrected chi connectivity index (χ4v) is 9.89. The van der Waals surface area contributed by atoms with Gasteiger partial charge in [0.2, 0.25) is 0 Å². The van der Waals surface area contributed by atoms with Crippen molar-refractivity contribution in [1.82, 2.24) is 4.57 Å². The lowest BCUT2D eigenvalue weighted by Crippen LogP contribution is -2.13. The average molecular weight is 897 g/mol. The lowest BCUT2D eigenvalue weighted by atomic mass is 9.98. The second-order valence-corrected chi connectivity index (χ2v) is 17.4. The second-order valence-electron chi connectivity index (χ2n) is 17.4. The van der Waals surface area contributed by atoms with Crippen LogP contribution in [0.25, 0.3) is 49.7 Å². The number of hydrogen-bond acceptors (Lipinski definition) is 3. The van der Waals surface area contributed by atoms with Crippen molar-refractivity contribution in [2.45, 2.75) is 0 Å². The summed E-state index contributed by atoms with van der Waals surface area (Å²) in [6.07, 6.45) is 0. The SMILES string of the molecule is c1ccc(N(c2ccccc2)c2cccc(-c3ccc4c(c3)c3cc(-c5cc(N(c6ccccc6)c6ccccc6)cc(N(c6ccccc6)c6ccccc6)c5)ccc3n4-c3ccccc3)c2)cc1. The Hall–Kier alpha value is -9.38. The largest absolute Gasteiger partial charge is 0.310 e.